The fourth-order valence-corrected chi connectivity index (χ4v) is 1.53. The fraction of sp³-hybridized carbons (Fsp3) is 0.273. The average Bonchev–Trinajstić information content (AvgIpc) is 2.27. The van der Waals surface area contributed by atoms with Crippen LogP contribution in [-0.4, -0.2) is 38.5 Å². The molecule has 7 nitrogen and oxygen atoms in total. The maximum absolute atomic E-state index is 10.8. The molecule has 1 aromatic rings. The highest BCUT2D eigenvalue weighted by molar-refractivity contribution is 5.94. The number of aliphatic carboxylic acids is 1. The summed E-state index contributed by atoms with van der Waals surface area (Å²) in [5.41, 5.74) is 5.14. The highest BCUT2D eigenvalue weighted by Gasteiger charge is 2.24. The monoisotopic (exact) mass is 255 g/mol. The number of benzene rings is 1. The van der Waals surface area contributed by atoms with Gasteiger partial charge in [0.05, 0.1) is 23.8 Å². The largest absolute Gasteiger partial charge is 0.481 e. The summed E-state index contributed by atoms with van der Waals surface area (Å²) in [7, 11) is 0. The van der Waals surface area contributed by atoms with Crippen LogP contribution in [0.15, 0.2) is 18.2 Å². The van der Waals surface area contributed by atoms with Crippen LogP contribution < -0.4 is 5.73 Å². The lowest BCUT2D eigenvalue weighted by molar-refractivity contribution is -0.141. The van der Waals surface area contributed by atoms with E-state index in [2.05, 4.69) is 0 Å². The second-order valence-corrected chi connectivity index (χ2v) is 3.72. The fourth-order valence-electron chi connectivity index (χ4n) is 1.53. The van der Waals surface area contributed by atoms with Crippen LogP contribution in [0, 0.1) is 0 Å². The summed E-state index contributed by atoms with van der Waals surface area (Å²) in [5, 5.41) is 36.5. The van der Waals surface area contributed by atoms with E-state index in [9.17, 15) is 19.8 Å². The molecular weight excluding hydrogens is 242 g/mol. The Labute approximate surface area is 102 Å². The minimum Gasteiger partial charge on any atom is -0.481 e. The molecule has 0 spiro atoms. The van der Waals surface area contributed by atoms with Gasteiger partial charge in [0, 0.05) is 5.56 Å². The molecule has 98 valence electrons. The quantitative estimate of drug-likeness (QED) is 0.460. The lowest BCUT2D eigenvalue weighted by Gasteiger charge is -2.19. The van der Waals surface area contributed by atoms with Crippen LogP contribution in [0.25, 0.3) is 0 Å². The number of carboxylic acids is 2. The topological polar surface area (TPSA) is 141 Å². The second kappa shape index (κ2) is 5.48. The molecule has 0 radical (unpaired) electrons. The van der Waals surface area contributed by atoms with E-state index in [1.807, 2.05) is 0 Å². The molecule has 0 saturated heterocycles. The zero-order chi connectivity index (χ0) is 13.9. The molecule has 0 aliphatic rings. The van der Waals surface area contributed by atoms with E-state index in [0.29, 0.717) is 0 Å². The summed E-state index contributed by atoms with van der Waals surface area (Å²) in [4.78, 5) is 21.2. The Morgan fingerprint density at radius 3 is 2.33 bits per heavy atom. The third-order valence-electron chi connectivity index (χ3n) is 2.44. The van der Waals surface area contributed by atoms with Crippen molar-refractivity contribution in [2.24, 2.45) is 0 Å². The van der Waals surface area contributed by atoms with Crippen molar-refractivity contribution < 1.29 is 30.0 Å². The first kappa shape index (κ1) is 13.9. The van der Waals surface area contributed by atoms with Crippen molar-refractivity contribution in [2.45, 2.75) is 18.6 Å². The molecule has 0 amide bonds. The predicted octanol–water partition coefficient (Wildman–Crippen LogP) is -0.164. The summed E-state index contributed by atoms with van der Waals surface area (Å²) >= 11 is 0. The molecule has 0 aliphatic carbocycles. The van der Waals surface area contributed by atoms with Gasteiger partial charge in [-0.15, -0.1) is 0 Å². The second-order valence-electron chi connectivity index (χ2n) is 3.72. The van der Waals surface area contributed by atoms with Gasteiger partial charge in [-0.3, -0.25) is 4.79 Å². The molecule has 0 fully saturated rings. The molecule has 1 aromatic carbocycles. The molecule has 2 atom stereocenters. The van der Waals surface area contributed by atoms with Crippen molar-refractivity contribution in [3.05, 3.63) is 29.3 Å². The molecule has 0 heterocycles. The van der Waals surface area contributed by atoms with E-state index in [0.717, 1.165) is 0 Å². The lowest BCUT2D eigenvalue weighted by Crippen LogP contribution is -2.23. The van der Waals surface area contributed by atoms with Crippen molar-refractivity contribution in [2.75, 3.05) is 5.73 Å². The van der Waals surface area contributed by atoms with Gasteiger partial charge in [0.2, 0.25) is 0 Å². The van der Waals surface area contributed by atoms with E-state index in [-0.39, 0.29) is 16.8 Å². The average molecular weight is 255 g/mol. The Hall–Kier alpha value is -2.12. The van der Waals surface area contributed by atoms with Crippen LogP contribution >= 0.6 is 0 Å². The van der Waals surface area contributed by atoms with Crippen LogP contribution in [0.3, 0.4) is 0 Å². The molecule has 7 heteroatoms. The molecule has 1 rings (SSSR count). The maximum Gasteiger partial charge on any atom is 0.337 e. The number of aliphatic hydroxyl groups is 2. The summed E-state index contributed by atoms with van der Waals surface area (Å²) in [5.74, 6) is -2.55. The van der Waals surface area contributed by atoms with Gasteiger partial charge >= 0.3 is 11.9 Å². The molecule has 2 unspecified atom stereocenters. The summed E-state index contributed by atoms with van der Waals surface area (Å²) in [6, 6.07) is 3.93. The minimum atomic E-state index is -1.56. The first-order valence-corrected chi connectivity index (χ1v) is 5.04. The Kier molecular flexibility index (Phi) is 4.24. The number of carbonyl (C=O) groups is 2. The number of nitrogen functional groups attached to an aromatic ring is 1. The number of carboxylic acid groups (broad SMARTS) is 2. The SMILES string of the molecule is Nc1c(C(=O)O)cccc1C(O)C(O)CC(=O)O. The zero-order valence-corrected chi connectivity index (χ0v) is 9.28. The Bertz CT molecular complexity index is 473. The van der Waals surface area contributed by atoms with Gasteiger partial charge < -0.3 is 26.2 Å². The summed E-state index contributed by atoms with van der Waals surface area (Å²) in [6.45, 7) is 0. The van der Waals surface area contributed by atoms with Gasteiger partial charge in [-0.2, -0.15) is 0 Å². The van der Waals surface area contributed by atoms with E-state index in [1.54, 1.807) is 0 Å². The number of aliphatic hydroxyl groups excluding tert-OH is 2. The lowest BCUT2D eigenvalue weighted by atomic mass is 9.98. The number of para-hydroxylation sites is 1. The van der Waals surface area contributed by atoms with Crippen molar-refractivity contribution >= 4 is 17.6 Å². The molecular formula is C11H13NO6. The maximum atomic E-state index is 10.8. The van der Waals surface area contributed by atoms with Crippen molar-refractivity contribution in [3.8, 4) is 0 Å². The number of aromatic carboxylic acids is 1. The third-order valence-corrected chi connectivity index (χ3v) is 2.44. The molecule has 18 heavy (non-hydrogen) atoms. The standard InChI is InChI=1S/C11H13NO6/c12-9-5(2-1-3-6(9)11(17)18)10(16)7(13)4-8(14)15/h1-3,7,10,13,16H,4,12H2,(H,14,15)(H,17,18). The van der Waals surface area contributed by atoms with E-state index in [1.165, 1.54) is 18.2 Å². The number of anilines is 1. The minimum absolute atomic E-state index is 0.0105. The van der Waals surface area contributed by atoms with Crippen LogP contribution in [0.2, 0.25) is 0 Å². The van der Waals surface area contributed by atoms with Gasteiger partial charge in [0.1, 0.15) is 6.10 Å². The number of nitrogens with two attached hydrogens (primary N) is 1. The molecule has 0 aromatic heterocycles. The smallest absolute Gasteiger partial charge is 0.337 e. The summed E-state index contributed by atoms with van der Waals surface area (Å²) in [6.07, 6.45) is -3.79. The van der Waals surface area contributed by atoms with E-state index >= 15 is 0 Å². The highest BCUT2D eigenvalue weighted by Crippen LogP contribution is 2.27. The van der Waals surface area contributed by atoms with Gasteiger partial charge in [0.25, 0.3) is 0 Å². The number of rotatable bonds is 5. The van der Waals surface area contributed by atoms with Gasteiger partial charge in [-0.05, 0) is 6.07 Å². The van der Waals surface area contributed by atoms with Crippen LogP contribution in [0.1, 0.15) is 28.4 Å². The third kappa shape index (κ3) is 2.96. The van der Waals surface area contributed by atoms with Crippen molar-refractivity contribution in [1.29, 1.82) is 0 Å². The Balaban J connectivity index is 3.06. The van der Waals surface area contributed by atoms with Gasteiger partial charge in [-0.25, -0.2) is 4.79 Å². The normalized spacial score (nSPS) is 13.9. The first-order valence-electron chi connectivity index (χ1n) is 5.04. The zero-order valence-electron chi connectivity index (χ0n) is 9.28. The van der Waals surface area contributed by atoms with Crippen LogP contribution in [0.5, 0.6) is 0 Å². The van der Waals surface area contributed by atoms with Crippen LogP contribution in [-0.2, 0) is 4.79 Å². The molecule has 0 saturated carbocycles. The highest BCUT2D eigenvalue weighted by atomic mass is 16.4. The van der Waals surface area contributed by atoms with Crippen LogP contribution in [0.4, 0.5) is 5.69 Å². The molecule has 0 aliphatic heterocycles. The molecule has 0 bridgehead atoms. The number of hydrogen-bond donors (Lipinski definition) is 5. The molecule has 6 N–H and O–H groups in total. The number of hydrogen-bond acceptors (Lipinski definition) is 5. The van der Waals surface area contributed by atoms with E-state index < -0.39 is 30.6 Å². The van der Waals surface area contributed by atoms with E-state index in [4.69, 9.17) is 15.9 Å². The summed E-state index contributed by atoms with van der Waals surface area (Å²) < 4.78 is 0. The first-order chi connectivity index (χ1) is 8.34. The Morgan fingerprint density at radius 2 is 1.83 bits per heavy atom. The van der Waals surface area contributed by atoms with Crippen molar-refractivity contribution in [1.82, 2.24) is 0 Å². The predicted molar refractivity (Wildman–Crippen MR) is 61.0 cm³/mol. The Morgan fingerprint density at radius 1 is 1.22 bits per heavy atom. The van der Waals surface area contributed by atoms with Gasteiger partial charge in [-0.1, -0.05) is 12.1 Å². The van der Waals surface area contributed by atoms with Crippen molar-refractivity contribution in [3.63, 3.8) is 0 Å². The van der Waals surface area contributed by atoms with Gasteiger partial charge in [0.15, 0.2) is 0 Å².